The maximum Gasteiger partial charge on any atom is 0.0702 e. The lowest BCUT2D eigenvalue weighted by Gasteiger charge is -2.05. The Bertz CT molecular complexity index is 700. The van der Waals surface area contributed by atoms with E-state index in [1.165, 1.54) is 22.9 Å². The molecular formula is C19H21NO. The minimum absolute atomic E-state index is 0.109. The molecule has 0 aliphatic carbocycles. The molecular weight excluding hydrogens is 258 g/mol. The molecule has 1 aromatic heterocycles. The number of aliphatic hydroxyl groups excluding tert-OH is 1. The highest BCUT2D eigenvalue weighted by atomic mass is 16.3. The number of aryl methyl sites for hydroxylation is 2. The summed E-state index contributed by atoms with van der Waals surface area (Å²) < 4.78 is 2.27. The Morgan fingerprint density at radius 3 is 2.43 bits per heavy atom. The molecule has 0 saturated carbocycles. The molecule has 0 amide bonds. The van der Waals surface area contributed by atoms with Gasteiger partial charge in [0.25, 0.3) is 0 Å². The van der Waals surface area contributed by atoms with E-state index >= 15 is 0 Å². The lowest BCUT2D eigenvalue weighted by Crippen LogP contribution is -1.97. The molecule has 108 valence electrons. The van der Waals surface area contributed by atoms with E-state index < -0.39 is 0 Å². The van der Waals surface area contributed by atoms with Crippen LogP contribution in [-0.4, -0.2) is 9.67 Å². The SMILES string of the molecule is OCc1cn(CCCCc2ccccc2)c2ccccc12. The summed E-state index contributed by atoms with van der Waals surface area (Å²) in [5.41, 5.74) is 3.65. The van der Waals surface area contributed by atoms with Crippen LogP contribution >= 0.6 is 0 Å². The van der Waals surface area contributed by atoms with Gasteiger partial charge in [0, 0.05) is 29.2 Å². The van der Waals surface area contributed by atoms with E-state index in [-0.39, 0.29) is 6.61 Å². The number of nitrogens with zero attached hydrogens (tertiary/aromatic N) is 1. The first-order valence-electron chi connectivity index (χ1n) is 7.60. The quantitative estimate of drug-likeness (QED) is 0.673. The zero-order chi connectivity index (χ0) is 14.5. The van der Waals surface area contributed by atoms with Gasteiger partial charge in [0.05, 0.1) is 6.61 Å². The molecule has 0 unspecified atom stereocenters. The molecule has 1 N–H and O–H groups in total. The van der Waals surface area contributed by atoms with Crippen molar-refractivity contribution >= 4 is 10.9 Å². The Kier molecular flexibility index (Phi) is 4.37. The second-order valence-corrected chi connectivity index (χ2v) is 5.47. The lowest BCUT2D eigenvalue weighted by molar-refractivity contribution is 0.283. The summed E-state index contributed by atoms with van der Waals surface area (Å²) in [6.45, 7) is 1.12. The average Bonchev–Trinajstić information content (AvgIpc) is 2.91. The normalized spacial score (nSPS) is 11.1. The van der Waals surface area contributed by atoms with Crippen LogP contribution < -0.4 is 0 Å². The number of hydrogen-bond donors (Lipinski definition) is 1. The third kappa shape index (κ3) is 3.17. The van der Waals surface area contributed by atoms with Gasteiger partial charge in [-0.3, -0.25) is 0 Å². The molecule has 0 bridgehead atoms. The van der Waals surface area contributed by atoms with Crippen molar-refractivity contribution in [2.45, 2.75) is 32.4 Å². The molecule has 2 heteroatoms. The fourth-order valence-electron chi connectivity index (χ4n) is 2.89. The molecule has 0 saturated heterocycles. The number of para-hydroxylation sites is 1. The number of aromatic nitrogens is 1. The summed E-state index contributed by atoms with van der Waals surface area (Å²) in [5.74, 6) is 0. The Hall–Kier alpha value is -2.06. The fraction of sp³-hybridized carbons (Fsp3) is 0.263. The number of aliphatic hydroxyl groups is 1. The van der Waals surface area contributed by atoms with Crippen molar-refractivity contribution in [3.8, 4) is 0 Å². The predicted octanol–water partition coefficient (Wildman–Crippen LogP) is 4.16. The maximum atomic E-state index is 9.46. The standard InChI is InChI=1S/C19H21NO/c21-15-17-14-20(19-12-5-4-11-18(17)19)13-7-6-10-16-8-2-1-3-9-16/h1-5,8-9,11-12,14,21H,6-7,10,13,15H2. The molecule has 3 rings (SSSR count). The second kappa shape index (κ2) is 6.59. The second-order valence-electron chi connectivity index (χ2n) is 5.47. The molecule has 0 fully saturated rings. The van der Waals surface area contributed by atoms with E-state index in [9.17, 15) is 5.11 Å². The molecule has 21 heavy (non-hydrogen) atoms. The third-order valence-electron chi connectivity index (χ3n) is 4.00. The van der Waals surface area contributed by atoms with E-state index in [4.69, 9.17) is 0 Å². The first-order chi connectivity index (χ1) is 10.4. The minimum Gasteiger partial charge on any atom is -0.392 e. The Morgan fingerprint density at radius 1 is 0.857 bits per heavy atom. The molecule has 2 aromatic carbocycles. The van der Waals surface area contributed by atoms with E-state index in [1.807, 2.05) is 6.07 Å². The molecule has 0 aliphatic heterocycles. The number of rotatable bonds is 6. The highest BCUT2D eigenvalue weighted by Gasteiger charge is 2.06. The van der Waals surface area contributed by atoms with Crippen molar-refractivity contribution in [3.63, 3.8) is 0 Å². The van der Waals surface area contributed by atoms with E-state index in [1.54, 1.807) is 0 Å². The van der Waals surface area contributed by atoms with Crippen LogP contribution in [0.25, 0.3) is 10.9 Å². The van der Waals surface area contributed by atoms with Gasteiger partial charge in [-0.15, -0.1) is 0 Å². The monoisotopic (exact) mass is 279 g/mol. The van der Waals surface area contributed by atoms with Crippen molar-refractivity contribution in [1.82, 2.24) is 4.57 Å². The maximum absolute atomic E-state index is 9.46. The first kappa shape index (κ1) is 13.9. The third-order valence-corrected chi connectivity index (χ3v) is 4.00. The van der Waals surface area contributed by atoms with Crippen LogP contribution in [0.1, 0.15) is 24.0 Å². The van der Waals surface area contributed by atoms with Crippen LogP contribution in [0, 0.1) is 0 Å². The Morgan fingerprint density at radius 2 is 1.62 bits per heavy atom. The Balaban J connectivity index is 1.63. The van der Waals surface area contributed by atoms with Crippen molar-refractivity contribution < 1.29 is 5.11 Å². The zero-order valence-electron chi connectivity index (χ0n) is 12.2. The number of fused-ring (bicyclic) bond motifs is 1. The van der Waals surface area contributed by atoms with E-state index in [2.05, 4.69) is 59.3 Å². The summed E-state index contributed by atoms with van der Waals surface area (Å²) in [6.07, 6.45) is 5.56. The minimum atomic E-state index is 0.109. The van der Waals surface area contributed by atoms with Crippen LogP contribution in [0.4, 0.5) is 0 Å². The van der Waals surface area contributed by atoms with Gasteiger partial charge in [0.15, 0.2) is 0 Å². The number of benzene rings is 2. The first-order valence-corrected chi connectivity index (χ1v) is 7.60. The van der Waals surface area contributed by atoms with Gasteiger partial charge < -0.3 is 9.67 Å². The fourth-order valence-corrected chi connectivity index (χ4v) is 2.89. The highest BCUT2D eigenvalue weighted by Crippen LogP contribution is 2.22. The summed E-state index contributed by atoms with van der Waals surface area (Å²) in [4.78, 5) is 0. The smallest absolute Gasteiger partial charge is 0.0702 e. The van der Waals surface area contributed by atoms with Crippen molar-refractivity contribution in [3.05, 3.63) is 71.9 Å². The Labute approximate surface area is 125 Å². The van der Waals surface area contributed by atoms with Gasteiger partial charge in [0.1, 0.15) is 0 Å². The number of unbranched alkanes of at least 4 members (excludes halogenated alkanes) is 1. The molecule has 0 spiro atoms. The van der Waals surface area contributed by atoms with Crippen LogP contribution in [0.3, 0.4) is 0 Å². The molecule has 0 atom stereocenters. The van der Waals surface area contributed by atoms with Crippen LogP contribution in [0.5, 0.6) is 0 Å². The lowest BCUT2D eigenvalue weighted by atomic mass is 10.1. The van der Waals surface area contributed by atoms with E-state index in [0.717, 1.165) is 24.9 Å². The van der Waals surface area contributed by atoms with Crippen LogP contribution in [-0.2, 0) is 19.6 Å². The molecule has 2 nitrogen and oxygen atoms in total. The summed E-state index contributed by atoms with van der Waals surface area (Å²) in [7, 11) is 0. The van der Waals surface area contributed by atoms with Crippen LogP contribution in [0.15, 0.2) is 60.8 Å². The van der Waals surface area contributed by atoms with Crippen LogP contribution in [0.2, 0.25) is 0 Å². The highest BCUT2D eigenvalue weighted by molar-refractivity contribution is 5.83. The molecule has 3 aromatic rings. The summed E-state index contributed by atoms with van der Waals surface area (Å²) in [6, 6.07) is 18.9. The van der Waals surface area contributed by atoms with Crippen molar-refractivity contribution in [1.29, 1.82) is 0 Å². The van der Waals surface area contributed by atoms with Gasteiger partial charge in [-0.1, -0.05) is 48.5 Å². The van der Waals surface area contributed by atoms with Gasteiger partial charge in [-0.05, 0) is 30.9 Å². The molecule has 0 radical (unpaired) electrons. The molecule has 1 heterocycles. The van der Waals surface area contributed by atoms with Crippen molar-refractivity contribution in [2.24, 2.45) is 0 Å². The van der Waals surface area contributed by atoms with Gasteiger partial charge in [-0.25, -0.2) is 0 Å². The van der Waals surface area contributed by atoms with Gasteiger partial charge in [-0.2, -0.15) is 0 Å². The summed E-state index contributed by atoms with van der Waals surface area (Å²) in [5, 5.41) is 10.6. The number of hydrogen-bond acceptors (Lipinski definition) is 1. The topological polar surface area (TPSA) is 25.2 Å². The van der Waals surface area contributed by atoms with E-state index in [0.29, 0.717) is 0 Å². The predicted molar refractivity (Wildman–Crippen MR) is 87.2 cm³/mol. The summed E-state index contributed by atoms with van der Waals surface area (Å²) >= 11 is 0. The van der Waals surface area contributed by atoms with Gasteiger partial charge >= 0.3 is 0 Å². The zero-order valence-corrected chi connectivity index (χ0v) is 12.2. The van der Waals surface area contributed by atoms with Gasteiger partial charge in [0.2, 0.25) is 0 Å². The average molecular weight is 279 g/mol. The van der Waals surface area contributed by atoms with Crippen molar-refractivity contribution in [2.75, 3.05) is 0 Å². The molecule has 0 aliphatic rings. The largest absolute Gasteiger partial charge is 0.392 e.